The van der Waals surface area contributed by atoms with Crippen molar-refractivity contribution in [3.05, 3.63) is 193 Å². The summed E-state index contributed by atoms with van der Waals surface area (Å²) >= 11 is 0. The van der Waals surface area contributed by atoms with Gasteiger partial charge >= 0.3 is 0 Å². The molecule has 0 N–H and O–H groups in total. The molecular weight excluding hydrogens is 925 g/mol. The maximum Gasteiger partial charge on any atom is 0.121 e. The van der Waals surface area contributed by atoms with Crippen LogP contribution in [-0.2, 0) is 20.1 Å². The molecule has 0 spiro atoms. The number of nitrogens with zero attached hydrogens (tertiary/aromatic N) is 4. The van der Waals surface area contributed by atoms with Crippen LogP contribution in [0.5, 0.6) is 0 Å². The van der Waals surface area contributed by atoms with Crippen molar-refractivity contribution in [2.75, 3.05) is 0 Å². The van der Waals surface area contributed by atoms with Crippen molar-refractivity contribution in [1.82, 2.24) is 19.5 Å². The molecule has 0 atom stereocenters. The standard InChI is InChI=1S/C45H35N2O.C10H7N2.Ir/c1-27(2)36-24-32(29-13-6-5-7-14-29)25-37(28(3)4)43(36)47-41-20-11-10-19-40(41)46-45(47)35-18-12-17-34-39-23-31-22-21-30-15-8-9-16-33(30)38(31)26-42(39)48-44(34)35;1-2-5-9(6-3-1)10-11-7-4-8-12-10;/h5-17,19-28H,1-4H3;1-5,7-8H;/q2*-1;. The van der Waals surface area contributed by atoms with E-state index in [9.17, 15) is 0 Å². The normalized spacial score (nSPS) is 11.4. The Hall–Kier alpha value is -6.72. The predicted octanol–water partition coefficient (Wildman–Crippen LogP) is 14.6. The van der Waals surface area contributed by atoms with Crippen LogP contribution in [0.3, 0.4) is 0 Å². The summed E-state index contributed by atoms with van der Waals surface area (Å²) in [5.74, 6) is 2.12. The Labute approximate surface area is 369 Å². The number of benzene rings is 8. The Balaban J connectivity index is 0.000000316. The molecule has 5 nitrogen and oxygen atoms in total. The first-order valence-corrected chi connectivity index (χ1v) is 20.6. The van der Waals surface area contributed by atoms with E-state index in [2.05, 4.69) is 176 Å². The van der Waals surface area contributed by atoms with Crippen LogP contribution in [0.25, 0.3) is 94.1 Å². The average Bonchev–Trinajstić information content (AvgIpc) is 3.87. The van der Waals surface area contributed by atoms with Gasteiger partial charge in [-0.3, -0.25) is 15.0 Å². The van der Waals surface area contributed by atoms with Gasteiger partial charge in [-0.15, -0.1) is 54.1 Å². The van der Waals surface area contributed by atoms with Gasteiger partial charge in [0.15, 0.2) is 0 Å². The van der Waals surface area contributed by atoms with Crippen molar-refractivity contribution in [2.45, 2.75) is 39.5 Å². The fraction of sp³-hybridized carbons (Fsp3) is 0.109. The van der Waals surface area contributed by atoms with E-state index in [-0.39, 0.29) is 31.9 Å². The van der Waals surface area contributed by atoms with Gasteiger partial charge in [0.05, 0.1) is 28.3 Å². The molecule has 0 amide bonds. The van der Waals surface area contributed by atoms with Gasteiger partial charge in [-0.1, -0.05) is 118 Å². The first-order valence-electron chi connectivity index (χ1n) is 20.6. The second-order valence-electron chi connectivity index (χ2n) is 15.8. The average molecular weight is 967 g/mol. The van der Waals surface area contributed by atoms with Crippen LogP contribution < -0.4 is 0 Å². The number of rotatable bonds is 6. The van der Waals surface area contributed by atoms with Crippen molar-refractivity contribution in [2.24, 2.45) is 0 Å². The van der Waals surface area contributed by atoms with Crippen LogP contribution in [0.4, 0.5) is 0 Å². The Kier molecular flexibility index (Phi) is 10.9. The van der Waals surface area contributed by atoms with Gasteiger partial charge < -0.3 is 8.98 Å². The smallest absolute Gasteiger partial charge is 0.121 e. The molecule has 0 aliphatic carbocycles. The van der Waals surface area contributed by atoms with Crippen LogP contribution in [0.15, 0.2) is 175 Å². The molecule has 0 unspecified atom stereocenters. The van der Waals surface area contributed by atoms with Crippen LogP contribution in [0, 0.1) is 12.1 Å². The Morgan fingerprint density at radius 3 is 2.02 bits per heavy atom. The molecular formula is C55H42IrN4O-2. The van der Waals surface area contributed by atoms with Crippen molar-refractivity contribution in [3.63, 3.8) is 0 Å². The molecule has 11 rings (SSSR count). The molecule has 61 heavy (non-hydrogen) atoms. The molecule has 0 saturated heterocycles. The van der Waals surface area contributed by atoms with E-state index in [0.717, 1.165) is 55.7 Å². The predicted molar refractivity (Wildman–Crippen MR) is 248 cm³/mol. The fourth-order valence-corrected chi connectivity index (χ4v) is 8.41. The Bertz CT molecular complexity index is 3250. The Morgan fingerprint density at radius 1 is 0.557 bits per heavy atom. The maximum absolute atomic E-state index is 6.83. The monoisotopic (exact) mass is 967 g/mol. The Morgan fingerprint density at radius 2 is 1.26 bits per heavy atom. The van der Waals surface area contributed by atoms with Gasteiger partial charge in [0.1, 0.15) is 5.58 Å². The fourth-order valence-electron chi connectivity index (χ4n) is 8.41. The number of para-hydroxylation sites is 2. The van der Waals surface area contributed by atoms with Crippen LogP contribution in [-0.4, -0.2) is 19.5 Å². The third kappa shape index (κ3) is 7.33. The van der Waals surface area contributed by atoms with E-state index in [4.69, 9.17) is 9.40 Å². The third-order valence-electron chi connectivity index (χ3n) is 11.3. The minimum Gasteiger partial charge on any atom is -0.501 e. The molecule has 11 aromatic rings. The third-order valence-corrected chi connectivity index (χ3v) is 11.3. The molecule has 8 aromatic carbocycles. The SMILES string of the molecule is CC(C)c1cc(-c2ccccc2)cc(C(C)C)c1-n1c(-c2[c-]ccc3c2oc2cc4c(ccc5ccccc54)cc23)nc2ccccc21.[Ir].[c-]1ccccc1-c1ncccn1. The first kappa shape index (κ1) is 39.7. The van der Waals surface area contributed by atoms with Crippen LogP contribution in [0.2, 0.25) is 0 Å². The summed E-state index contributed by atoms with van der Waals surface area (Å²) in [6.45, 7) is 9.15. The van der Waals surface area contributed by atoms with Crippen molar-refractivity contribution < 1.29 is 24.5 Å². The van der Waals surface area contributed by atoms with Crippen LogP contribution >= 0.6 is 0 Å². The van der Waals surface area contributed by atoms with Crippen molar-refractivity contribution in [1.29, 1.82) is 0 Å². The number of aromatic nitrogens is 4. The number of fused-ring (bicyclic) bond motifs is 7. The molecule has 0 saturated carbocycles. The molecule has 0 fully saturated rings. The zero-order valence-corrected chi connectivity index (χ0v) is 36.7. The van der Waals surface area contributed by atoms with E-state index in [1.165, 1.54) is 49.5 Å². The summed E-state index contributed by atoms with van der Waals surface area (Å²) in [5, 5.41) is 7.02. The summed E-state index contributed by atoms with van der Waals surface area (Å²) in [6, 6.07) is 61.6. The molecule has 299 valence electrons. The zero-order valence-electron chi connectivity index (χ0n) is 34.4. The summed E-state index contributed by atoms with van der Waals surface area (Å²) in [5.41, 5.74) is 11.7. The van der Waals surface area contributed by atoms with Gasteiger partial charge in [0, 0.05) is 43.6 Å². The molecule has 3 aromatic heterocycles. The molecule has 3 heterocycles. The minimum absolute atomic E-state index is 0. The van der Waals surface area contributed by atoms with Crippen molar-refractivity contribution in [3.8, 4) is 39.6 Å². The maximum atomic E-state index is 6.83. The van der Waals surface area contributed by atoms with E-state index in [1.54, 1.807) is 18.5 Å². The van der Waals surface area contributed by atoms with Crippen LogP contribution in [0.1, 0.15) is 50.7 Å². The first-order chi connectivity index (χ1) is 29.4. The van der Waals surface area contributed by atoms with E-state index < -0.39 is 0 Å². The minimum atomic E-state index is 0. The van der Waals surface area contributed by atoms with Gasteiger partial charge in [0.25, 0.3) is 0 Å². The molecule has 1 radical (unpaired) electrons. The quantitative estimate of drug-likeness (QED) is 0.123. The van der Waals surface area contributed by atoms with E-state index in [1.807, 2.05) is 30.3 Å². The largest absolute Gasteiger partial charge is 0.501 e. The van der Waals surface area contributed by atoms with E-state index in [0.29, 0.717) is 0 Å². The van der Waals surface area contributed by atoms with Gasteiger partial charge in [-0.2, -0.15) is 0 Å². The number of imidazole rings is 1. The van der Waals surface area contributed by atoms with E-state index >= 15 is 0 Å². The number of hydrogen-bond donors (Lipinski definition) is 0. The topological polar surface area (TPSA) is 56.7 Å². The number of furan rings is 1. The summed E-state index contributed by atoms with van der Waals surface area (Å²) in [7, 11) is 0. The second kappa shape index (κ2) is 16.7. The van der Waals surface area contributed by atoms with Gasteiger partial charge in [0.2, 0.25) is 0 Å². The molecule has 0 aliphatic heterocycles. The summed E-state index contributed by atoms with van der Waals surface area (Å²) in [4.78, 5) is 13.5. The zero-order chi connectivity index (χ0) is 40.7. The number of hydrogen-bond acceptors (Lipinski definition) is 4. The molecule has 0 aliphatic rings. The summed E-state index contributed by atoms with van der Waals surface area (Å²) in [6.07, 6.45) is 3.45. The molecule has 0 bridgehead atoms. The van der Waals surface area contributed by atoms with Gasteiger partial charge in [-0.05, 0) is 98.1 Å². The summed E-state index contributed by atoms with van der Waals surface area (Å²) < 4.78 is 9.20. The van der Waals surface area contributed by atoms with Gasteiger partial charge in [-0.25, -0.2) is 0 Å². The second-order valence-corrected chi connectivity index (χ2v) is 15.8. The molecule has 6 heteroatoms. The van der Waals surface area contributed by atoms with Crippen molar-refractivity contribution >= 4 is 54.5 Å².